The minimum absolute atomic E-state index is 0.0182. The molecule has 1 aromatic heterocycles. The molecule has 0 saturated heterocycles. The maximum absolute atomic E-state index is 13.7. The number of benzene rings is 1. The number of ether oxygens (including phenoxy) is 2. The lowest BCUT2D eigenvalue weighted by molar-refractivity contribution is 0.0515. The van der Waals surface area contributed by atoms with Gasteiger partial charge in [0.1, 0.15) is 6.17 Å². The lowest BCUT2D eigenvalue weighted by Gasteiger charge is -2.12. The van der Waals surface area contributed by atoms with E-state index in [0.29, 0.717) is 16.1 Å². The van der Waals surface area contributed by atoms with E-state index in [-0.39, 0.29) is 29.7 Å². The minimum Gasteiger partial charge on any atom is -0.491 e. The number of nitrogens with zero attached hydrogens (tertiary/aromatic N) is 2. The maximum atomic E-state index is 13.7. The predicted molar refractivity (Wildman–Crippen MR) is 88.9 cm³/mol. The highest BCUT2D eigenvalue weighted by Gasteiger charge is 2.22. The van der Waals surface area contributed by atoms with Crippen LogP contribution in [0.1, 0.15) is 36.1 Å². The second-order valence-corrected chi connectivity index (χ2v) is 5.29. The molecule has 0 aliphatic carbocycles. The number of esters is 1. The first-order valence-corrected chi connectivity index (χ1v) is 7.59. The Labute approximate surface area is 143 Å². The van der Waals surface area contributed by atoms with E-state index in [1.165, 1.54) is 26.2 Å². The van der Waals surface area contributed by atoms with Crippen LogP contribution in [0.5, 0.6) is 5.75 Å². The lowest BCUT2D eigenvalue weighted by Crippen LogP contribution is -2.13. The van der Waals surface area contributed by atoms with E-state index in [4.69, 9.17) is 26.8 Å². The predicted octanol–water partition coefficient (Wildman–Crippen LogP) is 3.60. The molecule has 0 aliphatic rings. The Morgan fingerprint density at radius 2 is 2.12 bits per heavy atom. The van der Waals surface area contributed by atoms with E-state index in [0.717, 1.165) is 0 Å². The first-order valence-electron chi connectivity index (χ1n) is 7.21. The Balaban J connectivity index is 2.59. The molecule has 0 amide bonds. The van der Waals surface area contributed by atoms with E-state index in [1.54, 1.807) is 13.0 Å². The normalized spacial score (nSPS) is 11.9. The van der Waals surface area contributed by atoms with Gasteiger partial charge in [-0.2, -0.15) is 0 Å². The van der Waals surface area contributed by atoms with Crippen molar-refractivity contribution in [2.75, 3.05) is 19.5 Å². The van der Waals surface area contributed by atoms with Crippen LogP contribution in [0.4, 0.5) is 10.2 Å². The van der Waals surface area contributed by atoms with Crippen molar-refractivity contribution in [3.8, 4) is 17.1 Å². The summed E-state index contributed by atoms with van der Waals surface area (Å²) in [4.78, 5) is 20.3. The number of anilines is 1. The summed E-state index contributed by atoms with van der Waals surface area (Å²) in [5.74, 6) is -0.520. The second-order valence-electron chi connectivity index (χ2n) is 4.89. The zero-order valence-electron chi connectivity index (χ0n) is 13.5. The fraction of sp³-hybridized carbons (Fsp3) is 0.312. The molecule has 0 fully saturated rings. The summed E-state index contributed by atoms with van der Waals surface area (Å²) < 4.78 is 23.7. The average Bonchev–Trinajstić information content (AvgIpc) is 2.54. The van der Waals surface area contributed by atoms with Crippen molar-refractivity contribution in [1.29, 1.82) is 0 Å². The van der Waals surface area contributed by atoms with Crippen LogP contribution in [-0.4, -0.2) is 29.7 Å². The molecule has 1 aromatic carbocycles. The summed E-state index contributed by atoms with van der Waals surface area (Å²) >= 11 is 5.98. The number of nitrogen functional groups attached to an aromatic ring is 1. The molecule has 128 valence electrons. The molecule has 8 heteroatoms. The van der Waals surface area contributed by atoms with Gasteiger partial charge in [-0.3, -0.25) is 0 Å². The van der Waals surface area contributed by atoms with E-state index < -0.39 is 12.1 Å². The number of methoxy groups -OCH3 is 1. The number of halogens is 2. The SMILES string of the molecule is CCOC(=O)c1nc(-c2ccc(Cl)c(C(C)F)c2)nc(N)c1OC. The van der Waals surface area contributed by atoms with Crippen molar-refractivity contribution >= 4 is 23.4 Å². The largest absolute Gasteiger partial charge is 0.491 e. The molecule has 6 nitrogen and oxygen atoms in total. The highest BCUT2D eigenvalue weighted by atomic mass is 35.5. The highest BCUT2D eigenvalue weighted by Crippen LogP contribution is 2.32. The Morgan fingerprint density at radius 1 is 1.42 bits per heavy atom. The standard InChI is InChI=1S/C16H17ClFN3O3/c1-4-24-16(22)12-13(23-3)14(19)21-15(20-12)9-5-6-11(17)10(7-9)8(2)18/h5-8H,4H2,1-3H3,(H2,19,20,21). The molecule has 0 saturated carbocycles. The molecule has 1 atom stereocenters. The molecule has 2 rings (SSSR count). The molecule has 0 bridgehead atoms. The lowest BCUT2D eigenvalue weighted by atomic mass is 10.1. The molecular weight excluding hydrogens is 337 g/mol. The Hall–Kier alpha value is -2.41. The van der Waals surface area contributed by atoms with Gasteiger partial charge in [0.15, 0.2) is 23.1 Å². The van der Waals surface area contributed by atoms with Crippen LogP contribution >= 0.6 is 11.6 Å². The third kappa shape index (κ3) is 3.56. The smallest absolute Gasteiger partial charge is 0.361 e. The minimum atomic E-state index is -1.27. The van der Waals surface area contributed by atoms with Crippen LogP contribution in [0.3, 0.4) is 0 Å². The molecule has 24 heavy (non-hydrogen) atoms. The number of hydrogen-bond donors (Lipinski definition) is 1. The van der Waals surface area contributed by atoms with Crippen LogP contribution < -0.4 is 10.5 Å². The van der Waals surface area contributed by atoms with Crippen LogP contribution in [0.15, 0.2) is 18.2 Å². The van der Waals surface area contributed by atoms with Gasteiger partial charge in [-0.15, -0.1) is 0 Å². The first kappa shape index (κ1) is 17.9. The summed E-state index contributed by atoms with van der Waals surface area (Å²) in [5.41, 5.74) is 6.52. The number of aromatic nitrogens is 2. The van der Waals surface area contributed by atoms with Crippen molar-refractivity contribution in [2.24, 2.45) is 0 Å². The molecular formula is C16H17ClFN3O3. The summed E-state index contributed by atoms with van der Waals surface area (Å²) in [6.07, 6.45) is -1.27. The first-order chi connectivity index (χ1) is 11.4. The number of carbonyl (C=O) groups excluding carboxylic acids is 1. The van der Waals surface area contributed by atoms with Gasteiger partial charge >= 0.3 is 5.97 Å². The zero-order chi connectivity index (χ0) is 17.9. The third-order valence-corrected chi connectivity index (χ3v) is 3.59. The van der Waals surface area contributed by atoms with Gasteiger partial charge in [-0.25, -0.2) is 19.2 Å². The number of hydrogen-bond acceptors (Lipinski definition) is 6. The van der Waals surface area contributed by atoms with E-state index in [2.05, 4.69) is 9.97 Å². The molecule has 2 N–H and O–H groups in total. The fourth-order valence-electron chi connectivity index (χ4n) is 2.12. The summed E-state index contributed by atoms with van der Waals surface area (Å²) in [7, 11) is 1.35. The highest BCUT2D eigenvalue weighted by molar-refractivity contribution is 6.31. The van der Waals surface area contributed by atoms with Gasteiger partial charge in [-0.1, -0.05) is 11.6 Å². The summed E-state index contributed by atoms with van der Waals surface area (Å²) in [6.45, 7) is 3.22. The van der Waals surface area contributed by atoms with Gasteiger partial charge in [-0.05, 0) is 32.0 Å². The van der Waals surface area contributed by atoms with Crippen molar-refractivity contribution in [2.45, 2.75) is 20.0 Å². The van der Waals surface area contributed by atoms with Crippen LogP contribution in [-0.2, 0) is 4.74 Å². The summed E-state index contributed by atoms with van der Waals surface area (Å²) in [5, 5.41) is 0.292. The summed E-state index contributed by atoms with van der Waals surface area (Å²) in [6, 6.07) is 4.67. The Kier molecular flexibility index (Phi) is 5.56. The van der Waals surface area contributed by atoms with Gasteiger partial charge in [0.05, 0.1) is 13.7 Å². The number of rotatable bonds is 5. The molecule has 0 aliphatic heterocycles. The van der Waals surface area contributed by atoms with Crippen molar-refractivity contribution in [3.63, 3.8) is 0 Å². The quantitative estimate of drug-likeness (QED) is 0.826. The van der Waals surface area contributed by atoms with E-state index in [9.17, 15) is 9.18 Å². The van der Waals surface area contributed by atoms with Crippen molar-refractivity contribution in [3.05, 3.63) is 34.5 Å². The second kappa shape index (κ2) is 7.44. The molecule has 0 radical (unpaired) electrons. The Morgan fingerprint density at radius 3 is 2.71 bits per heavy atom. The monoisotopic (exact) mass is 353 g/mol. The molecule has 2 aromatic rings. The van der Waals surface area contributed by atoms with Crippen LogP contribution in [0, 0.1) is 0 Å². The topological polar surface area (TPSA) is 87.3 Å². The third-order valence-electron chi connectivity index (χ3n) is 3.25. The van der Waals surface area contributed by atoms with Crippen LogP contribution in [0.2, 0.25) is 5.02 Å². The fourth-order valence-corrected chi connectivity index (χ4v) is 2.39. The van der Waals surface area contributed by atoms with E-state index >= 15 is 0 Å². The van der Waals surface area contributed by atoms with Gasteiger partial charge in [0.2, 0.25) is 0 Å². The van der Waals surface area contributed by atoms with E-state index in [1.807, 2.05) is 0 Å². The van der Waals surface area contributed by atoms with Crippen molar-refractivity contribution in [1.82, 2.24) is 9.97 Å². The number of alkyl halides is 1. The molecule has 0 spiro atoms. The van der Waals surface area contributed by atoms with Crippen molar-refractivity contribution < 1.29 is 18.7 Å². The maximum Gasteiger partial charge on any atom is 0.361 e. The van der Waals surface area contributed by atoms with Gasteiger partial charge < -0.3 is 15.2 Å². The number of nitrogens with two attached hydrogens (primary N) is 1. The molecule has 1 unspecified atom stereocenters. The zero-order valence-corrected chi connectivity index (χ0v) is 14.2. The van der Waals surface area contributed by atoms with Gasteiger partial charge in [0, 0.05) is 16.1 Å². The van der Waals surface area contributed by atoms with Gasteiger partial charge in [0.25, 0.3) is 0 Å². The van der Waals surface area contributed by atoms with Crippen LogP contribution in [0.25, 0.3) is 11.4 Å². The Bertz CT molecular complexity index is 768. The number of carbonyl (C=O) groups is 1. The molecule has 1 heterocycles. The average molecular weight is 354 g/mol.